The molecular weight excluding hydrogens is 400 g/mol. The highest BCUT2D eigenvalue weighted by Gasteiger charge is 2.56. The van der Waals surface area contributed by atoms with Gasteiger partial charge in [0.2, 0.25) is 0 Å². The van der Waals surface area contributed by atoms with Crippen LogP contribution in [0.4, 0.5) is 10.6 Å². The molecule has 0 aromatic carbocycles. The monoisotopic (exact) mass is 434 g/mol. The third-order valence-electron chi connectivity index (χ3n) is 5.57. The lowest BCUT2D eigenvalue weighted by molar-refractivity contribution is -0.162. The first kappa shape index (κ1) is 24.6. The second-order valence-corrected chi connectivity index (χ2v) is 8.87. The van der Waals surface area contributed by atoms with E-state index in [2.05, 4.69) is 0 Å². The zero-order chi connectivity index (χ0) is 23.6. The first-order valence-corrected chi connectivity index (χ1v) is 10.6. The molecule has 8 nitrogen and oxygen atoms in total. The van der Waals surface area contributed by atoms with Gasteiger partial charge in [0.05, 0.1) is 14.2 Å². The molecule has 0 saturated heterocycles. The van der Waals surface area contributed by atoms with Crippen LogP contribution >= 0.6 is 0 Å². The fraction of sp³-hybridized carbons (Fsp3) is 0.652. The van der Waals surface area contributed by atoms with Crippen molar-refractivity contribution in [3.63, 3.8) is 0 Å². The number of hydrogen-bond donors (Lipinski definition) is 0. The molecule has 1 aliphatic rings. The van der Waals surface area contributed by atoms with Crippen LogP contribution in [0.3, 0.4) is 0 Å². The van der Waals surface area contributed by atoms with Gasteiger partial charge in [0.25, 0.3) is 0 Å². The van der Waals surface area contributed by atoms with Crippen molar-refractivity contribution in [3.8, 4) is 0 Å². The van der Waals surface area contributed by atoms with Gasteiger partial charge < -0.3 is 14.2 Å². The van der Waals surface area contributed by atoms with E-state index in [4.69, 9.17) is 19.2 Å². The van der Waals surface area contributed by atoms with Gasteiger partial charge in [0, 0.05) is 12.2 Å². The fourth-order valence-corrected chi connectivity index (χ4v) is 4.17. The Morgan fingerprint density at radius 3 is 2.16 bits per heavy atom. The topological polar surface area (TPSA) is 95.0 Å². The maximum atomic E-state index is 13.1. The number of aryl methyl sites for hydroxylation is 1. The minimum absolute atomic E-state index is 0.232. The maximum absolute atomic E-state index is 13.1. The predicted octanol–water partition coefficient (Wildman–Crippen LogP) is 3.77. The third kappa shape index (κ3) is 4.52. The van der Waals surface area contributed by atoms with E-state index in [1.165, 1.54) is 19.1 Å². The maximum Gasteiger partial charge on any atom is 0.416 e. The summed E-state index contributed by atoms with van der Waals surface area (Å²) in [4.78, 5) is 45.0. The number of anilines is 1. The summed E-state index contributed by atoms with van der Waals surface area (Å²) in [5, 5.41) is 0. The number of fused-ring (bicyclic) bond motifs is 1. The number of pyridine rings is 1. The summed E-state index contributed by atoms with van der Waals surface area (Å²) in [6.45, 7) is 11.4. The summed E-state index contributed by atoms with van der Waals surface area (Å²) in [6, 6.07) is 0. The molecular formula is C23H34N2O6. The zero-order valence-corrected chi connectivity index (χ0v) is 19.9. The van der Waals surface area contributed by atoms with Crippen LogP contribution in [0, 0.1) is 13.8 Å². The number of amides is 1. The highest BCUT2D eigenvalue weighted by atomic mass is 16.6. The van der Waals surface area contributed by atoms with Crippen molar-refractivity contribution in [1.29, 1.82) is 0 Å². The lowest BCUT2D eigenvalue weighted by atomic mass is 9.79. The molecule has 0 unspecified atom stereocenters. The van der Waals surface area contributed by atoms with Crippen LogP contribution < -0.4 is 4.90 Å². The number of rotatable bonds is 6. The van der Waals surface area contributed by atoms with Crippen molar-refractivity contribution < 1.29 is 28.6 Å². The van der Waals surface area contributed by atoms with Crippen LogP contribution in [0.25, 0.3) is 0 Å². The van der Waals surface area contributed by atoms with Crippen molar-refractivity contribution in [1.82, 2.24) is 4.98 Å². The summed E-state index contributed by atoms with van der Waals surface area (Å²) >= 11 is 0. The van der Waals surface area contributed by atoms with Gasteiger partial charge in [-0.1, -0.05) is 13.3 Å². The van der Waals surface area contributed by atoms with E-state index in [1.807, 2.05) is 13.8 Å². The number of carbonyl (C=O) groups excluding carboxylic acids is 3. The van der Waals surface area contributed by atoms with Crippen molar-refractivity contribution in [2.45, 2.75) is 78.2 Å². The lowest BCUT2D eigenvalue weighted by Gasteiger charge is -2.31. The Balaban J connectivity index is 2.73. The number of aromatic nitrogens is 1. The van der Waals surface area contributed by atoms with E-state index in [0.717, 1.165) is 18.4 Å². The van der Waals surface area contributed by atoms with E-state index < -0.39 is 29.0 Å². The Kier molecular flexibility index (Phi) is 7.34. The molecule has 8 heteroatoms. The van der Waals surface area contributed by atoms with E-state index in [1.54, 1.807) is 27.7 Å². The molecule has 0 saturated carbocycles. The number of carbonyl (C=O) groups is 3. The Labute approximate surface area is 184 Å². The number of methoxy groups -OCH3 is 2. The van der Waals surface area contributed by atoms with Crippen LogP contribution in [-0.2, 0) is 35.6 Å². The average molecular weight is 435 g/mol. The van der Waals surface area contributed by atoms with E-state index >= 15 is 0 Å². The molecule has 0 spiro atoms. The van der Waals surface area contributed by atoms with Gasteiger partial charge in [-0.15, -0.1) is 0 Å². The van der Waals surface area contributed by atoms with Crippen molar-refractivity contribution in [2.75, 3.05) is 25.7 Å². The highest BCUT2D eigenvalue weighted by Crippen LogP contribution is 2.46. The third-order valence-corrected chi connectivity index (χ3v) is 5.57. The highest BCUT2D eigenvalue weighted by molar-refractivity contribution is 6.08. The van der Waals surface area contributed by atoms with Gasteiger partial charge in [-0.2, -0.15) is 0 Å². The van der Waals surface area contributed by atoms with E-state index in [0.29, 0.717) is 35.6 Å². The predicted molar refractivity (Wildman–Crippen MR) is 116 cm³/mol. The van der Waals surface area contributed by atoms with Crippen molar-refractivity contribution in [2.24, 2.45) is 0 Å². The molecule has 0 radical (unpaired) electrons. The Morgan fingerprint density at radius 1 is 1.10 bits per heavy atom. The number of unbranched alkanes of at least 4 members (excludes halogenated alkanes) is 1. The smallest absolute Gasteiger partial charge is 0.416 e. The van der Waals surface area contributed by atoms with E-state index in [9.17, 15) is 14.4 Å². The first-order valence-electron chi connectivity index (χ1n) is 10.6. The minimum atomic E-state index is -1.57. The van der Waals surface area contributed by atoms with Gasteiger partial charge in [0.15, 0.2) is 5.41 Å². The molecule has 0 atom stereocenters. The van der Waals surface area contributed by atoms with Gasteiger partial charge >= 0.3 is 18.0 Å². The number of hydrogen-bond acceptors (Lipinski definition) is 7. The Bertz CT molecular complexity index is 856. The normalized spacial score (nSPS) is 14.6. The molecule has 2 rings (SSSR count). The van der Waals surface area contributed by atoms with Gasteiger partial charge in [0.1, 0.15) is 11.4 Å². The van der Waals surface area contributed by atoms with Crippen LogP contribution in [0.5, 0.6) is 0 Å². The minimum Gasteiger partial charge on any atom is -0.468 e. The summed E-state index contributed by atoms with van der Waals surface area (Å²) in [5.41, 5.74) is 0.334. The molecule has 172 valence electrons. The molecule has 31 heavy (non-hydrogen) atoms. The standard InChI is InChI=1S/C23H34N2O6/c1-9-10-13-25(21(28)31-22(4,5)6)18-14(2)17-16(15(3)24-18)11-12-23(17,19(26)29-7)20(27)30-8/h9-13H2,1-8H3. The second kappa shape index (κ2) is 9.24. The second-order valence-electron chi connectivity index (χ2n) is 8.87. The molecule has 1 aromatic heterocycles. The molecule has 1 aliphatic carbocycles. The number of ether oxygens (including phenoxy) is 3. The van der Waals surface area contributed by atoms with Crippen LogP contribution in [-0.4, -0.2) is 49.4 Å². The number of nitrogens with zero attached hydrogens (tertiary/aromatic N) is 2. The van der Waals surface area contributed by atoms with Gasteiger partial charge in [-0.3, -0.25) is 14.5 Å². The Morgan fingerprint density at radius 2 is 1.68 bits per heavy atom. The molecule has 0 N–H and O–H groups in total. The summed E-state index contributed by atoms with van der Waals surface area (Å²) in [5.74, 6) is -0.955. The average Bonchev–Trinajstić information content (AvgIpc) is 3.11. The molecule has 1 heterocycles. The molecule has 0 bridgehead atoms. The summed E-state index contributed by atoms with van der Waals surface area (Å²) < 4.78 is 15.7. The number of esters is 2. The van der Waals surface area contributed by atoms with Crippen LogP contribution in [0.15, 0.2) is 0 Å². The van der Waals surface area contributed by atoms with Crippen LogP contribution in [0.1, 0.15) is 69.3 Å². The Hall–Kier alpha value is -2.64. The van der Waals surface area contributed by atoms with Gasteiger partial charge in [-0.25, -0.2) is 9.78 Å². The fourth-order valence-electron chi connectivity index (χ4n) is 4.17. The first-order chi connectivity index (χ1) is 14.4. The molecule has 0 aliphatic heterocycles. The summed E-state index contributed by atoms with van der Waals surface area (Å²) in [6.07, 6.45) is 1.82. The summed E-state index contributed by atoms with van der Waals surface area (Å²) in [7, 11) is 2.51. The molecule has 0 fully saturated rings. The molecule has 1 amide bonds. The largest absolute Gasteiger partial charge is 0.468 e. The van der Waals surface area contributed by atoms with E-state index in [-0.39, 0.29) is 6.42 Å². The van der Waals surface area contributed by atoms with Crippen LogP contribution in [0.2, 0.25) is 0 Å². The molecule has 1 aromatic rings. The lowest BCUT2D eigenvalue weighted by Crippen LogP contribution is -2.45. The van der Waals surface area contributed by atoms with Gasteiger partial charge in [-0.05, 0) is 70.6 Å². The SMILES string of the molecule is CCCCN(C(=O)OC(C)(C)C)c1nc(C)c2c(c1C)C(C(=O)OC)(C(=O)OC)CC2. The van der Waals surface area contributed by atoms with Crippen molar-refractivity contribution >= 4 is 23.8 Å². The van der Waals surface area contributed by atoms with Crippen molar-refractivity contribution in [3.05, 3.63) is 22.4 Å². The quantitative estimate of drug-likeness (QED) is 0.382. The zero-order valence-electron chi connectivity index (χ0n) is 19.9.